The minimum atomic E-state index is -0.854. The molecule has 0 heterocycles. The Kier molecular flexibility index (Phi) is 4.09. The van der Waals surface area contributed by atoms with Crippen molar-refractivity contribution in [2.45, 2.75) is 20.3 Å². The molecule has 0 saturated carbocycles. The van der Waals surface area contributed by atoms with Gasteiger partial charge in [0, 0.05) is 10.0 Å². The van der Waals surface area contributed by atoms with Crippen LogP contribution in [-0.2, 0) is 4.79 Å². The lowest BCUT2D eigenvalue weighted by atomic mass is 10.0. The Hall–Kier alpha value is -1.09. The van der Waals surface area contributed by atoms with E-state index in [0.717, 1.165) is 15.6 Å². The molecule has 0 atom stereocenters. The number of aliphatic carboxylic acids is 1. The van der Waals surface area contributed by atoms with E-state index < -0.39 is 5.97 Å². The lowest BCUT2D eigenvalue weighted by Gasteiger charge is -2.05. The van der Waals surface area contributed by atoms with Gasteiger partial charge in [0.05, 0.1) is 0 Å². The van der Waals surface area contributed by atoms with E-state index in [1.807, 2.05) is 32.0 Å². The summed E-state index contributed by atoms with van der Waals surface area (Å²) < 4.78 is 0.926. The summed E-state index contributed by atoms with van der Waals surface area (Å²) in [5, 5.41) is 8.93. The Morgan fingerprint density at radius 3 is 2.67 bits per heavy atom. The van der Waals surface area contributed by atoms with Gasteiger partial charge < -0.3 is 5.11 Å². The summed E-state index contributed by atoms with van der Waals surface area (Å²) in [7, 11) is 0. The molecule has 0 aliphatic carbocycles. The number of benzene rings is 1. The fourth-order valence-corrected chi connectivity index (χ4v) is 1.90. The van der Waals surface area contributed by atoms with Crippen molar-refractivity contribution in [1.82, 2.24) is 0 Å². The highest BCUT2D eigenvalue weighted by atomic mass is 79.9. The molecule has 1 aromatic rings. The summed E-state index contributed by atoms with van der Waals surface area (Å²) in [6.45, 7) is 3.80. The zero-order chi connectivity index (χ0) is 11.4. The quantitative estimate of drug-likeness (QED) is 0.850. The highest BCUT2D eigenvalue weighted by Gasteiger charge is 2.07. The molecule has 80 valence electrons. The number of carbonyl (C=O) groups is 1. The number of carboxylic acid groups (broad SMARTS) is 1. The molecule has 0 spiro atoms. The Balaban J connectivity index is 3.22. The SMILES string of the molecule is CCC(=Cc1c(C)cccc1Br)C(=O)O. The third-order valence-corrected chi connectivity index (χ3v) is 2.94. The van der Waals surface area contributed by atoms with Crippen molar-refractivity contribution >= 4 is 28.0 Å². The first-order valence-electron chi connectivity index (χ1n) is 4.75. The van der Waals surface area contributed by atoms with Gasteiger partial charge in [-0.2, -0.15) is 0 Å². The first-order valence-corrected chi connectivity index (χ1v) is 5.54. The van der Waals surface area contributed by atoms with E-state index in [1.165, 1.54) is 0 Å². The van der Waals surface area contributed by atoms with Crippen LogP contribution in [0, 0.1) is 6.92 Å². The maximum Gasteiger partial charge on any atom is 0.331 e. The van der Waals surface area contributed by atoms with E-state index in [4.69, 9.17) is 5.11 Å². The minimum Gasteiger partial charge on any atom is -0.478 e. The molecule has 0 aliphatic heterocycles. The lowest BCUT2D eigenvalue weighted by Crippen LogP contribution is -1.99. The Morgan fingerprint density at radius 2 is 2.20 bits per heavy atom. The van der Waals surface area contributed by atoms with Gasteiger partial charge in [0.1, 0.15) is 0 Å². The maximum atomic E-state index is 10.9. The first kappa shape index (κ1) is 12.0. The van der Waals surface area contributed by atoms with Gasteiger partial charge in [-0.25, -0.2) is 4.79 Å². The predicted molar refractivity (Wildman–Crippen MR) is 64.8 cm³/mol. The molecule has 0 saturated heterocycles. The highest BCUT2D eigenvalue weighted by molar-refractivity contribution is 9.10. The zero-order valence-electron chi connectivity index (χ0n) is 8.75. The number of rotatable bonds is 3. The molecule has 1 rings (SSSR count). The summed E-state index contributed by atoms with van der Waals surface area (Å²) in [5.74, 6) is -0.854. The molecule has 0 unspecified atom stereocenters. The average Bonchev–Trinajstić information content (AvgIpc) is 2.17. The molecule has 1 N–H and O–H groups in total. The van der Waals surface area contributed by atoms with E-state index in [1.54, 1.807) is 6.08 Å². The average molecular weight is 269 g/mol. The molecule has 0 aromatic heterocycles. The monoisotopic (exact) mass is 268 g/mol. The molecule has 0 amide bonds. The second-order valence-corrected chi connectivity index (χ2v) is 4.15. The number of carboxylic acids is 1. The highest BCUT2D eigenvalue weighted by Crippen LogP contribution is 2.23. The van der Waals surface area contributed by atoms with Crippen LogP contribution >= 0.6 is 15.9 Å². The van der Waals surface area contributed by atoms with Crippen molar-refractivity contribution < 1.29 is 9.90 Å². The third-order valence-electron chi connectivity index (χ3n) is 2.25. The van der Waals surface area contributed by atoms with Crippen LogP contribution in [0.2, 0.25) is 0 Å². The molecule has 0 radical (unpaired) electrons. The standard InChI is InChI=1S/C12H13BrO2/c1-3-9(12(14)15)7-10-8(2)5-4-6-11(10)13/h4-7H,3H2,1-2H3,(H,14,15). The van der Waals surface area contributed by atoms with Crippen LogP contribution < -0.4 is 0 Å². The van der Waals surface area contributed by atoms with Crippen molar-refractivity contribution in [1.29, 1.82) is 0 Å². The first-order chi connectivity index (χ1) is 7.06. The van der Waals surface area contributed by atoms with E-state index in [-0.39, 0.29) is 0 Å². The fourth-order valence-electron chi connectivity index (χ4n) is 1.32. The molecule has 2 nitrogen and oxygen atoms in total. The van der Waals surface area contributed by atoms with Gasteiger partial charge in [0.2, 0.25) is 0 Å². The van der Waals surface area contributed by atoms with Gasteiger partial charge in [0.25, 0.3) is 0 Å². The molecular formula is C12H13BrO2. The molecule has 0 fully saturated rings. The van der Waals surface area contributed by atoms with E-state index in [0.29, 0.717) is 12.0 Å². The number of aryl methyl sites for hydroxylation is 1. The predicted octanol–water partition coefficient (Wildman–Crippen LogP) is 3.64. The second-order valence-electron chi connectivity index (χ2n) is 3.30. The Bertz CT molecular complexity index is 388. The minimum absolute atomic E-state index is 0.421. The molecule has 15 heavy (non-hydrogen) atoms. The maximum absolute atomic E-state index is 10.9. The van der Waals surface area contributed by atoms with Crippen LogP contribution in [0.15, 0.2) is 28.2 Å². The molecule has 0 bridgehead atoms. The Labute approximate surface area is 97.8 Å². The van der Waals surface area contributed by atoms with Gasteiger partial charge in [-0.15, -0.1) is 0 Å². The smallest absolute Gasteiger partial charge is 0.331 e. The van der Waals surface area contributed by atoms with Gasteiger partial charge in [-0.05, 0) is 36.6 Å². The third kappa shape index (κ3) is 2.93. The van der Waals surface area contributed by atoms with Crippen molar-refractivity contribution in [3.8, 4) is 0 Å². The van der Waals surface area contributed by atoms with Crippen molar-refractivity contribution in [2.75, 3.05) is 0 Å². The van der Waals surface area contributed by atoms with Crippen LogP contribution in [0.1, 0.15) is 24.5 Å². The van der Waals surface area contributed by atoms with Crippen molar-refractivity contribution in [3.63, 3.8) is 0 Å². The van der Waals surface area contributed by atoms with Crippen molar-refractivity contribution in [3.05, 3.63) is 39.4 Å². The zero-order valence-corrected chi connectivity index (χ0v) is 10.3. The number of hydrogen-bond acceptors (Lipinski definition) is 1. The van der Waals surface area contributed by atoms with Crippen LogP contribution in [0.4, 0.5) is 0 Å². The lowest BCUT2D eigenvalue weighted by molar-refractivity contribution is -0.132. The normalized spacial score (nSPS) is 11.5. The van der Waals surface area contributed by atoms with Gasteiger partial charge in [-0.3, -0.25) is 0 Å². The number of hydrogen-bond donors (Lipinski definition) is 1. The molecule has 3 heteroatoms. The summed E-state index contributed by atoms with van der Waals surface area (Å²) in [5.41, 5.74) is 2.43. The largest absolute Gasteiger partial charge is 0.478 e. The van der Waals surface area contributed by atoms with Crippen LogP contribution in [-0.4, -0.2) is 11.1 Å². The topological polar surface area (TPSA) is 37.3 Å². The van der Waals surface area contributed by atoms with Crippen LogP contribution in [0.3, 0.4) is 0 Å². The van der Waals surface area contributed by atoms with E-state index in [9.17, 15) is 4.79 Å². The van der Waals surface area contributed by atoms with Gasteiger partial charge >= 0.3 is 5.97 Å². The fraction of sp³-hybridized carbons (Fsp3) is 0.250. The molecule has 0 aliphatic rings. The second kappa shape index (κ2) is 5.12. The summed E-state index contributed by atoms with van der Waals surface area (Å²) >= 11 is 3.42. The van der Waals surface area contributed by atoms with Crippen LogP contribution in [0.5, 0.6) is 0 Å². The van der Waals surface area contributed by atoms with Gasteiger partial charge in [0.15, 0.2) is 0 Å². The van der Waals surface area contributed by atoms with Crippen LogP contribution in [0.25, 0.3) is 6.08 Å². The molecular weight excluding hydrogens is 256 g/mol. The number of halogens is 1. The van der Waals surface area contributed by atoms with E-state index >= 15 is 0 Å². The Morgan fingerprint density at radius 1 is 1.53 bits per heavy atom. The van der Waals surface area contributed by atoms with E-state index in [2.05, 4.69) is 15.9 Å². The summed E-state index contributed by atoms with van der Waals surface area (Å²) in [6.07, 6.45) is 2.25. The molecule has 1 aromatic carbocycles. The van der Waals surface area contributed by atoms with Crippen molar-refractivity contribution in [2.24, 2.45) is 0 Å². The summed E-state index contributed by atoms with van der Waals surface area (Å²) in [4.78, 5) is 10.9. The van der Waals surface area contributed by atoms with Gasteiger partial charge in [-0.1, -0.05) is 35.0 Å². The summed E-state index contributed by atoms with van der Waals surface area (Å²) in [6, 6.07) is 5.81.